The molecule has 1 atom stereocenters. The molecule has 1 saturated heterocycles. The highest BCUT2D eigenvalue weighted by Gasteiger charge is 2.36. The van der Waals surface area contributed by atoms with E-state index in [9.17, 15) is 0 Å². The monoisotopic (exact) mass is 378 g/mol. The predicted octanol–water partition coefficient (Wildman–Crippen LogP) is 2.85. The summed E-state index contributed by atoms with van der Waals surface area (Å²) in [6, 6.07) is 2.94. The van der Waals surface area contributed by atoms with Crippen molar-refractivity contribution in [2.24, 2.45) is 12.5 Å². The molecule has 7 heteroatoms. The molecule has 0 radical (unpaired) electrons. The Kier molecular flexibility index (Phi) is 9.02. The Morgan fingerprint density at radius 2 is 1.96 bits per heavy atom. The zero-order chi connectivity index (χ0) is 15.4. The number of halogens is 2. The zero-order valence-electron chi connectivity index (χ0n) is 14.8. The van der Waals surface area contributed by atoms with Gasteiger partial charge in [0.25, 0.3) is 0 Å². The van der Waals surface area contributed by atoms with Crippen LogP contribution in [-0.2, 0) is 11.8 Å². The van der Waals surface area contributed by atoms with Crippen LogP contribution in [0.15, 0.2) is 12.3 Å². The molecule has 0 bridgehead atoms. The van der Waals surface area contributed by atoms with Crippen LogP contribution in [0.4, 0.5) is 0 Å². The topological polar surface area (TPSA) is 51.1 Å². The Bertz CT molecular complexity index is 467. The molecule has 3 rings (SSSR count). The average molecular weight is 379 g/mol. The first kappa shape index (κ1) is 21.7. The van der Waals surface area contributed by atoms with Gasteiger partial charge in [-0.15, -0.1) is 24.8 Å². The van der Waals surface area contributed by atoms with Crippen molar-refractivity contribution < 1.29 is 4.74 Å². The maximum Gasteiger partial charge on any atom is 0.0731 e. The second-order valence-corrected chi connectivity index (χ2v) is 7.08. The lowest BCUT2D eigenvalue weighted by Crippen LogP contribution is -2.44. The van der Waals surface area contributed by atoms with Gasteiger partial charge in [-0.25, -0.2) is 0 Å². The Labute approximate surface area is 158 Å². The summed E-state index contributed by atoms with van der Waals surface area (Å²) in [6.45, 7) is 3.12. The lowest BCUT2D eigenvalue weighted by atomic mass is 9.67. The minimum absolute atomic E-state index is 0. The minimum atomic E-state index is 0. The van der Waals surface area contributed by atoms with E-state index in [-0.39, 0.29) is 30.9 Å². The SMILES string of the molecule is COCC(NC1CCC2(CCNCC2)CC1)c1ccnn1C.Cl.Cl. The largest absolute Gasteiger partial charge is 0.383 e. The normalized spacial score (nSPS) is 21.8. The molecule has 0 aromatic carbocycles. The maximum atomic E-state index is 5.42. The molecule has 140 valence electrons. The summed E-state index contributed by atoms with van der Waals surface area (Å²) >= 11 is 0. The van der Waals surface area contributed by atoms with Crippen LogP contribution in [0.2, 0.25) is 0 Å². The van der Waals surface area contributed by atoms with Gasteiger partial charge in [-0.2, -0.15) is 5.10 Å². The summed E-state index contributed by atoms with van der Waals surface area (Å²) in [6.07, 6.45) is 9.92. The highest BCUT2D eigenvalue weighted by atomic mass is 35.5. The third-order valence-electron chi connectivity index (χ3n) is 5.70. The first-order valence-electron chi connectivity index (χ1n) is 8.66. The molecule has 1 aliphatic carbocycles. The average Bonchev–Trinajstić information content (AvgIpc) is 2.96. The van der Waals surface area contributed by atoms with Gasteiger partial charge in [0.15, 0.2) is 0 Å². The molecule has 2 N–H and O–H groups in total. The van der Waals surface area contributed by atoms with Crippen molar-refractivity contribution in [1.82, 2.24) is 20.4 Å². The first-order valence-corrected chi connectivity index (χ1v) is 8.66. The number of nitrogens with one attached hydrogen (secondary N) is 2. The van der Waals surface area contributed by atoms with E-state index >= 15 is 0 Å². The summed E-state index contributed by atoms with van der Waals surface area (Å²) in [5.74, 6) is 0. The molecule has 1 saturated carbocycles. The number of piperidine rings is 1. The van der Waals surface area contributed by atoms with E-state index in [1.54, 1.807) is 7.11 Å². The standard InChI is InChI=1S/C17H30N4O.2ClH/c1-21-16(5-10-19-21)15(13-22-2)20-14-3-6-17(7-4-14)8-11-18-12-9-17;;/h5,10,14-15,18,20H,3-4,6-9,11-13H2,1-2H3;2*1H. The number of rotatable bonds is 5. The zero-order valence-corrected chi connectivity index (χ0v) is 16.4. The van der Waals surface area contributed by atoms with E-state index in [2.05, 4.69) is 21.8 Å². The fraction of sp³-hybridized carbons (Fsp3) is 0.824. The summed E-state index contributed by atoms with van der Waals surface area (Å²) in [5, 5.41) is 11.6. The lowest BCUT2D eigenvalue weighted by molar-refractivity contribution is 0.100. The quantitative estimate of drug-likeness (QED) is 0.826. The van der Waals surface area contributed by atoms with Crippen molar-refractivity contribution >= 4 is 24.8 Å². The van der Waals surface area contributed by atoms with E-state index in [4.69, 9.17) is 4.74 Å². The molecule has 2 aliphatic rings. The van der Waals surface area contributed by atoms with Crippen LogP contribution in [0.5, 0.6) is 0 Å². The van der Waals surface area contributed by atoms with Gasteiger partial charge in [0.1, 0.15) is 0 Å². The molecular weight excluding hydrogens is 347 g/mol. The van der Waals surface area contributed by atoms with Crippen LogP contribution in [0.1, 0.15) is 50.3 Å². The number of aromatic nitrogens is 2. The van der Waals surface area contributed by atoms with Gasteiger partial charge in [-0.05, 0) is 63.1 Å². The summed E-state index contributed by atoms with van der Waals surface area (Å²) in [7, 11) is 3.78. The Hall–Kier alpha value is -0.330. The lowest BCUT2D eigenvalue weighted by Gasteiger charge is -2.44. The van der Waals surface area contributed by atoms with Crippen molar-refractivity contribution in [3.05, 3.63) is 18.0 Å². The van der Waals surface area contributed by atoms with Crippen LogP contribution < -0.4 is 10.6 Å². The molecule has 1 aromatic rings. The Balaban J connectivity index is 0.00000144. The van der Waals surface area contributed by atoms with Gasteiger partial charge in [0, 0.05) is 26.4 Å². The van der Waals surface area contributed by atoms with Crippen LogP contribution in [0.3, 0.4) is 0 Å². The maximum absolute atomic E-state index is 5.42. The van der Waals surface area contributed by atoms with Crippen LogP contribution in [0.25, 0.3) is 0 Å². The predicted molar refractivity (Wildman–Crippen MR) is 102 cm³/mol. The van der Waals surface area contributed by atoms with E-state index < -0.39 is 0 Å². The molecule has 2 heterocycles. The number of methoxy groups -OCH3 is 1. The van der Waals surface area contributed by atoms with Crippen molar-refractivity contribution in [3.63, 3.8) is 0 Å². The van der Waals surface area contributed by atoms with Gasteiger partial charge in [-0.3, -0.25) is 4.68 Å². The van der Waals surface area contributed by atoms with Crippen molar-refractivity contribution in [2.45, 2.75) is 50.6 Å². The molecule has 5 nitrogen and oxygen atoms in total. The van der Waals surface area contributed by atoms with Crippen molar-refractivity contribution in [2.75, 3.05) is 26.8 Å². The molecule has 1 spiro atoms. The first-order chi connectivity index (χ1) is 10.7. The van der Waals surface area contributed by atoms with Crippen LogP contribution >= 0.6 is 24.8 Å². The second-order valence-electron chi connectivity index (χ2n) is 7.08. The highest BCUT2D eigenvalue weighted by Crippen LogP contribution is 2.43. The van der Waals surface area contributed by atoms with E-state index in [0.29, 0.717) is 18.1 Å². The van der Waals surface area contributed by atoms with Crippen molar-refractivity contribution in [1.29, 1.82) is 0 Å². The third-order valence-corrected chi connectivity index (χ3v) is 5.70. The Morgan fingerprint density at radius 1 is 1.29 bits per heavy atom. The van der Waals surface area contributed by atoms with Gasteiger partial charge in [-0.1, -0.05) is 0 Å². The number of hydrogen-bond donors (Lipinski definition) is 2. The number of aryl methyl sites for hydroxylation is 1. The second kappa shape index (κ2) is 9.97. The molecule has 0 amide bonds. The van der Waals surface area contributed by atoms with Gasteiger partial charge < -0.3 is 15.4 Å². The highest BCUT2D eigenvalue weighted by molar-refractivity contribution is 5.85. The summed E-state index contributed by atoms with van der Waals surface area (Å²) in [5.41, 5.74) is 1.84. The molecular formula is C17H32Cl2N4O. The number of nitrogens with zero attached hydrogens (tertiary/aromatic N) is 2. The summed E-state index contributed by atoms with van der Waals surface area (Å²) in [4.78, 5) is 0. The van der Waals surface area contributed by atoms with Crippen molar-refractivity contribution in [3.8, 4) is 0 Å². The summed E-state index contributed by atoms with van der Waals surface area (Å²) < 4.78 is 7.37. The molecule has 2 fully saturated rings. The smallest absolute Gasteiger partial charge is 0.0731 e. The van der Waals surface area contributed by atoms with E-state index in [0.717, 1.165) is 0 Å². The van der Waals surface area contributed by atoms with Gasteiger partial charge in [0.2, 0.25) is 0 Å². The van der Waals surface area contributed by atoms with Gasteiger partial charge >= 0.3 is 0 Å². The molecule has 1 unspecified atom stereocenters. The van der Waals surface area contributed by atoms with Crippen LogP contribution in [0, 0.1) is 5.41 Å². The molecule has 1 aliphatic heterocycles. The van der Waals surface area contributed by atoms with Crippen LogP contribution in [-0.4, -0.2) is 42.6 Å². The molecule has 1 aromatic heterocycles. The number of hydrogen-bond acceptors (Lipinski definition) is 4. The third kappa shape index (κ3) is 5.09. The van der Waals surface area contributed by atoms with E-state index in [1.807, 2.05) is 17.9 Å². The number of ether oxygens (including phenoxy) is 1. The fourth-order valence-electron chi connectivity index (χ4n) is 4.25. The molecule has 24 heavy (non-hydrogen) atoms. The minimum Gasteiger partial charge on any atom is -0.383 e. The van der Waals surface area contributed by atoms with Gasteiger partial charge in [0.05, 0.1) is 18.3 Å². The fourth-order valence-corrected chi connectivity index (χ4v) is 4.25. The van der Waals surface area contributed by atoms with E-state index in [1.165, 1.54) is 57.3 Å². The Morgan fingerprint density at radius 3 is 2.50 bits per heavy atom.